The number of nitrogens with zero attached hydrogens (tertiary/aromatic N) is 2. The molecule has 2 aliphatic rings. The average molecular weight is 441 g/mol. The van der Waals surface area contributed by atoms with E-state index in [-0.39, 0.29) is 11.7 Å². The van der Waals surface area contributed by atoms with Crippen LogP contribution in [0.3, 0.4) is 0 Å². The van der Waals surface area contributed by atoms with Crippen LogP contribution in [0.5, 0.6) is 0 Å². The molecule has 0 saturated carbocycles. The molecule has 0 bridgehead atoms. The molecule has 32 heavy (non-hydrogen) atoms. The van der Waals surface area contributed by atoms with E-state index in [4.69, 9.17) is 5.73 Å². The lowest BCUT2D eigenvalue weighted by Crippen LogP contribution is -2.53. The number of amides is 2. The quantitative estimate of drug-likeness (QED) is 0.714. The summed E-state index contributed by atoms with van der Waals surface area (Å²) in [6.07, 6.45) is 2.78. The summed E-state index contributed by atoms with van der Waals surface area (Å²) in [5.41, 5.74) is 9.20. The zero-order chi connectivity index (χ0) is 23.3. The smallest absolute Gasteiger partial charge is 0.242 e. The lowest BCUT2D eigenvalue weighted by molar-refractivity contribution is -0.136. The minimum atomic E-state index is -0.763. The molecular formula is C25H33FN4O2. The van der Waals surface area contributed by atoms with E-state index in [9.17, 15) is 14.0 Å². The number of anilines is 1. The van der Waals surface area contributed by atoms with Crippen molar-refractivity contribution in [3.8, 4) is 0 Å². The van der Waals surface area contributed by atoms with Gasteiger partial charge in [-0.3, -0.25) is 9.59 Å². The number of nitrogens with two attached hydrogens (primary N) is 1. The molecule has 2 heterocycles. The number of hydrogen-bond acceptors (Lipinski definition) is 4. The van der Waals surface area contributed by atoms with Gasteiger partial charge in [-0.05, 0) is 61.9 Å². The second-order valence-corrected chi connectivity index (χ2v) is 9.05. The highest BCUT2D eigenvalue weighted by Crippen LogP contribution is 2.29. The zero-order valence-corrected chi connectivity index (χ0v) is 19.1. The zero-order valence-electron chi connectivity index (χ0n) is 19.1. The first-order chi connectivity index (χ1) is 15.2. The molecule has 1 saturated heterocycles. The van der Waals surface area contributed by atoms with Crippen LogP contribution >= 0.6 is 0 Å². The molecule has 0 atom stereocenters. The summed E-state index contributed by atoms with van der Waals surface area (Å²) in [7, 11) is 1.92. The number of rotatable bonds is 4. The van der Waals surface area contributed by atoms with Crippen molar-refractivity contribution in [1.29, 1.82) is 0 Å². The Kier molecular flexibility index (Phi) is 7.51. The fourth-order valence-corrected chi connectivity index (χ4v) is 4.23. The van der Waals surface area contributed by atoms with E-state index in [0.717, 1.165) is 43.6 Å². The number of nitrogens with one attached hydrogen (secondary N) is 1. The molecule has 0 radical (unpaired) electrons. The van der Waals surface area contributed by atoms with Gasteiger partial charge in [0.25, 0.3) is 0 Å². The summed E-state index contributed by atoms with van der Waals surface area (Å²) in [5, 5.41) is 3.13. The molecule has 6 nitrogen and oxygen atoms in total. The third-order valence-electron chi connectivity index (χ3n) is 6.10. The summed E-state index contributed by atoms with van der Waals surface area (Å²) < 4.78 is 13.1. The monoisotopic (exact) mass is 440 g/mol. The molecule has 2 aliphatic heterocycles. The minimum Gasteiger partial charge on any atom is -0.388 e. The first-order valence-corrected chi connectivity index (χ1v) is 11.0. The second kappa shape index (κ2) is 10.1. The Morgan fingerprint density at radius 1 is 1.12 bits per heavy atom. The Labute approximate surface area is 189 Å². The van der Waals surface area contributed by atoms with Gasteiger partial charge in [0.05, 0.1) is 5.54 Å². The molecule has 3 N–H and O–H groups in total. The number of benzene rings is 2. The number of fused-ring (bicyclic) bond motifs is 1. The van der Waals surface area contributed by atoms with Gasteiger partial charge in [0.2, 0.25) is 12.3 Å². The van der Waals surface area contributed by atoms with Crippen LogP contribution in [0, 0.1) is 5.82 Å². The van der Waals surface area contributed by atoms with Crippen LogP contribution in [0.25, 0.3) is 0 Å². The fraction of sp³-hybridized carbons (Fsp3) is 0.440. The van der Waals surface area contributed by atoms with Crippen molar-refractivity contribution < 1.29 is 14.0 Å². The van der Waals surface area contributed by atoms with Gasteiger partial charge in [-0.2, -0.15) is 0 Å². The molecule has 0 spiro atoms. The first-order valence-electron chi connectivity index (χ1n) is 11.0. The topological polar surface area (TPSA) is 78.7 Å². The molecule has 172 valence electrons. The maximum atomic E-state index is 13.1. The summed E-state index contributed by atoms with van der Waals surface area (Å²) in [5.74, 6) is 0.393. The van der Waals surface area contributed by atoms with Gasteiger partial charge in [0, 0.05) is 44.5 Å². The lowest BCUT2D eigenvalue weighted by atomic mass is 9.88. The second-order valence-electron chi connectivity index (χ2n) is 9.05. The molecule has 4 rings (SSSR count). The van der Waals surface area contributed by atoms with E-state index in [1.54, 1.807) is 24.8 Å². The Morgan fingerprint density at radius 3 is 2.31 bits per heavy atom. The number of piperidine rings is 1. The highest BCUT2D eigenvalue weighted by molar-refractivity contribution is 5.85. The predicted octanol–water partition coefficient (Wildman–Crippen LogP) is 3.47. The van der Waals surface area contributed by atoms with Crippen molar-refractivity contribution >= 4 is 18.0 Å². The molecule has 0 aromatic heterocycles. The molecule has 2 aromatic rings. The van der Waals surface area contributed by atoms with Crippen molar-refractivity contribution in [2.45, 2.75) is 51.2 Å². The maximum Gasteiger partial charge on any atom is 0.242 e. The van der Waals surface area contributed by atoms with Crippen molar-refractivity contribution in [1.82, 2.24) is 9.80 Å². The van der Waals surface area contributed by atoms with E-state index in [2.05, 4.69) is 29.6 Å². The predicted molar refractivity (Wildman–Crippen MR) is 125 cm³/mol. The summed E-state index contributed by atoms with van der Waals surface area (Å²) >= 11 is 0. The molecule has 2 amide bonds. The molecular weight excluding hydrogens is 407 g/mol. The van der Waals surface area contributed by atoms with Crippen LogP contribution in [0.2, 0.25) is 0 Å². The number of likely N-dealkylation sites (tertiary alicyclic amines) is 1. The molecule has 0 unspecified atom stereocenters. The highest BCUT2D eigenvalue weighted by Gasteiger charge is 2.31. The Hall–Kier alpha value is -2.93. The molecule has 2 aromatic carbocycles. The molecule has 0 aliphatic carbocycles. The van der Waals surface area contributed by atoms with Gasteiger partial charge in [-0.25, -0.2) is 4.39 Å². The standard InChI is InChI=1S/C16H25N3O.C9H8FNO/c1-16(2,17)15(20)19-10-8-13(9-11-19)12-4-6-14(18-3)7-5-12;10-9-3-1-2-7-4-11(6-12)5-8(7)9/h4-7,13,18H,8-11,17H2,1-3H3;1-3,6H,4-5H2. The van der Waals surface area contributed by atoms with Crippen molar-refractivity contribution in [2.24, 2.45) is 5.73 Å². The lowest BCUT2D eigenvalue weighted by Gasteiger charge is -2.35. The van der Waals surface area contributed by atoms with Crippen LogP contribution in [-0.2, 0) is 22.7 Å². The first kappa shape index (κ1) is 23.7. The van der Waals surface area contributed by atoms with Crippen LogP contribution < -0.4 is 11.1 Å². The minimum absolute atomic E-state index is 0.0569. The van der Waals surface area contributed by atoms with E-state index in [1.807, 2.05) is 18.0 Å². The average Bonchev–Trinajstić information content (AvgIpc) is 3.24. The largest absolute Gasteiger partial charge is 0.388 e. The van der Waals surface area contributed by atoms with Gasteiger partial charge >= 0.3 is 0 Å². The van der Waals surface area contributed by atoms with E-state index < -0.39 is 5.54 Å². The third-order valence-corrected chi connectivity index (χ3v) is 6.10. The number of hydrogen-bond donors (Lipinski definition) is 2. The number of carbonyl (C=O) groups is 2. The Bertz CT molecular complexity index is 932. The summed E-state index contributed by atoms with van der Waals surface area (Å²) in [6, 6.07) is 13.5. The van der Waals surface area contributed by atoms with Crippen LogP contribution in [0.4, 0.5) is 10.1 Å². The summed E-state index contributed by atoms with van der Waals surface area (Å²) in [6.45, 7) is 6.10. The van der Waals surface area contributed by atoms with Crippen molar-refractivity contribution in [3.63, 3.8) is 0 Å². The molecule has 1 fully saturated rings. The SMILES string of the molecule is CNc1ccc(C2CCN(C(=O)C(C)(C)N)CC2)cc1.O=CN1Cc2cccc(F)c2C1. The maximum absolute atomic E-state index is 13.1. The highest BCUT2D eigenvalue weighted by atomic mass is 19.1. The van der Waals surface area contributed by atoms with Crippen LogP contribution in [0.15, 0.2) is 42.5 Å². The summed E-state index contributed by atoms with van der Waals surface area (Å²) in [4.78, 5) is 26.0. The van der Waals surface area contributed by atoms with Crippen LogP contribution in [0.1, 0.15) is 49.3 Å². The Morgan fingerprint density at radius 2 is 1.78 bits per heavy atom. The molecule has 7 heteroatoms. The Balaban J connectivity index is 0.000000204. The van der Waals surface area contributed by atoms with Gasteiger partial charge in [-0.1, -0.05) is 24.3 Å². The van der Waals surface area contributed by atoms with Gasteiger partial charge in [0.15, 0.2) is 0 Å². The van der Waals surface area contributed by atoms with E-state index in [0.29, 0.717) is 24.6 Å². The van der Waals surface area contributed by atoms with E-state index in [1.165, 1.54) is 11.6 Å². The number of halogens is 1. The number of carbonyl (C=O) groups excluding carboxylic acids is 2. The normalized spacial score (nSPS) is 16.2. The van der Waals surface area contributed by atoms with Gasteiger partial charge in [0.1, 0.15) is 5.82 Å². The van der Waals surface area contributed by atoms with Crippen molar-refractivity contribution in [3.05, 3.63) is 65.0 Å². The fourth-order valence-electron chi connectivity index (χ4n) is 4.23. The van der Waals surface area contributed by atoms with E-state index >= 15 is 0 Å². The van der Waals surface area contributed by atoms with Gasteiger partial charge in [-0.15, -0.1) is 0 Å². The van der Waals surface area contributed by atoms with Gasteiger partial charge < -0.3 is 20.9 Å². The van der Waals surface area contributed by atoms with Crippen LogP contribution in [-0.4, -0.2) is 47.8 Å². The third kappa shape index (κ3) is 5.65. The van der Waals surface area contributed by atoms with Crippen molar-refractivity contribution in [2.75, 3.05) is 25.5 Å².